The SMILES string of the molecule is C=Cc1cc(Cc2cc(C#N)c(N(CCNC(=O)C3CC3)CCC3CC3)nc2C2CC2)ccn1. The highest BCUT2D eigenvalue weighted by Gasteiger charge is 2.31. The highest BCUT2D eigenvalue weighted by molar-refractivity contribution is 5.80. The number of nitrogens with one attached hydrogen (secondary N) is 1. The lowest BCUT2D eigenvalue weighted by atomic mass is 9.99. The van der Waals surface area contributed by atoms with Crippen molar-refractivity contribution in [1.82, 2.24) is 15.3 Å². The Hall–Kier alpha value is -3.20. The van der Waals surface area contributed by atoms with Crippen LogP contribution in [0, 0.1) is 23.2 Å². The Bertz CT molecular complexity index is 1110. The van der Waals surface area contributed by atoms with Crippen molar-refractivity contribution in [3.63, 3.8) is 0 Å². The summed E-state index contributed by atoms with van der Waals surface area (Å²) in [5.41, 5.74) is 4.90. The average molecular weight is 456 g/mol. The van der Waals surface area contributed by atoms with Crippen LogP contribution in [-0.4, -0.2) is 35.5 Å². The number of anilines is 1. The van der Waals surface area contributed by atoms with Gasteiger partial charge in [-0.05, 0) is 79.8 Å². The summed E-state index contributed by atoms with van der Waals surface area (Å²) in [6, 6.07) is 8.55. The van der Waals surface area contributed by atoms with Crippen molar-refractivity contribution in [1.29, 1.82) is 5.26 Å². The lowest BCUT2D eigenvalue weighted by Gasteiger charge is -2.26. The van der Waals surface area contributed by atoms with Crippen LogP contribution in [0.5, 0.6) is 0 Å². The smallest absolute Gasteiger partial charge is 0.223 e. The molecule has 1 N–H and O–H groups in total. The maximum absolute atomic E-state index is 12.1. The Morgan fingerprint density at radius 3 is 2.71 bits per heavy atom. The highest BCUT2D eigenvalue weighted by atomic mass is 16.2. The largest absolute Gasteiger partial charge is 0.354 e. The van der Waals surface area contributed by atoms with Crippen LogP contribution >= 0.6 is 0 Å². The van der Waals surface area contributed by atoms with Crippen molar-refractivity contribution >= 4 is 17.8 Å². The van der Waals surface area contributed by atoms with Gasteiger partial charge >= 0.3 is 0 Å². The third-order valence-electron chi connectivity index (χ3n) is 7.08. The molecule has 6 nitrogen and oxygen atoms in total. The van der Waals surface area contributed by atoms with Crippen LogP contribution in [0.25, 0.3) is 6.08 Å². The molecule has 2 aromatic heterocycles. The lowest BCUT2D eigenvalue weighted by Crippen LogP contribution is -2.37. The summed E-state index contributed by atoms with van der Waals surface area (Å²) in [4.78, 5) is 23.8. The summed E-state index contributed by atoms with van der Waals surface area (Å²) in [6.45, 7) is 5.98. The van der Waals surface area contributed by atoms with Crippen LogP contribution in [0.1, 0.15) is 78.9 Å². The molecule has 0 saturated heterocycles. The molecular weight excluding hydrogens is 422 g/mol. The van der Waals surface area contributed by atoms with Gasteiger partial charge < -0.3 is 10.2 Å². The monoisotopic (exact) mass is 455 g/mol. The van der Waals surface area contributed by atoms with Crippen LogP contribution in [0.2, 0.25) is 0 Å². The first kappa shape index (κ1) is 22.6. The summed E-state index contributed by atoms with van der Waals surface area (Å²) in [6.07, 6.45) is 12.3. The molecule has 6 heteroatoms. The number of nitrogens with zero attached hydrogens (tertiary/aromatic N) is 4. The zero-order valence-electron chi connectivity index (χ0n) is 19.8. The summed E-state index contributed by atoms with van der Waals surface area (Å²) in [7, 11) is 0. The minimum atomic E-state index is 0.167. The van der Waals surface area contributed by atoms with Crippen molar-refractivity contribution in [2.45, 2.75) is 57.3 Å². The van der Waals surface area contributed by atoms with E-state index in [4.69, 9.17) is 4.98 Å². The molecule has 0 spiro atoms. The van der Waals surface area contributed by atoms with Gasteiger partial charge in [-0.3, -0.25) is 9.78 Å². The predicted molar refractivity (Wildman–Crippen MR) is 133 cm³/mol. The normalized spacial score (nSPS) is 17.1. The van der Waals surface area contributed by atoms with Gasteiger partial charge in [0.05, 0.1) is 11.3 Å². The molecule has 34 heavy (non-hydrogen) atoms. The number of hydrogen-bond donors (Lipinski definition) is 1. The first-order valence-corrected chi connectivity index (χ1v) is 12.7. The molecule has 3 saturated carbocycles. The Morgan fingerprint density at radius 2 is 2.03 bits per heavy atom. The number of carbonyl (C=O) groups excluding carboxylic acids is 1. The molecule has 0 aliphatic heterocycles. The fourth-order valence-electron chi connectivity index (χ4n) is 4.54. The van der Waals surface area contributed by atoms with Gasteiger partial charge in [0.25, 0.3) is 0 Å². The number of carbonyl (C=O) groups is 1. The minimum Gasteiger partial charge on any atom is -0.354 e. The third-order valence-corrected chi connectivity index (χ3v) is 7.08. The molecule has 3 aliphatic rings. The highest BCUT2D eigenvalue weighted by Crippen LogP contribution is 2.42. The fourth-order valence-corrected chi connectivity index (χ4v) is 4.54. The minimum absolute atomic E-state index is 0.167. The van der Waals surface area contributed by atoms with E-state index in [2.05, 4.69) is 33.9 Å². The number of hydrogen-bond acceptors (Lipinski definition) is 5. The molecule has 5 rings (SSSR count). The number of pyridine rings is 2. The quantitative estimate of drug-likeness (QED) is 0.506. The summed E-state index contributed by atoms with van der Waals surface area (Å²) < 4.78 is 0. The number of rotatable bonds is 12. The van der Waals surface area contributed by atoms with Gasteiger partial charge in [-0.2, -0.15) is 5.26 Å². The Kier molecular flexibility index (Phi) is 6.62. The first-order valence-electron chi connectivity index (χ1n) is 12.7. The molecular formula is C28H33N5O. The van der Waals surface area contributed by atoms with E-state index in [1.54, 1.807) is 6.08 Å². The molecule has 0 bridgehead atoms. The van der Waals surface area contributed by atoms with Gasteiger partial charge in [0.1, 0.15) is 11.9 Å². The second-order valence-corrected chi connectivity index (χ2v) is 10.0. The Labute approximate surface area is 202 Å². The predicted octanol–water partition coefficient (Wildman–Crippen LogP) is 4.59. The van der Waals surface area contributed by atoms with E-state index in [0.717, 1.165) is 79.3 Å². The molecule has 3 fully saturated rings. The molecule has 0 atom stereocenters. The van der Waals surface area contributed by atoms with Gasteiger partial charge in [0.2, 0.25) is 5.91 Å². The third kappa shape index (κ3) is 5.64. The van der Waals surface area contributed by atoms with Gasteiger partial charge in [-0.15, -0.1) is 0 Å². The van der Waals surface area contributed by atoms with E-state index >= 15 is 0 Å². The zero-order chi connectivity index (χ0) is 23.5. The van der Waals surface area contributed by atoms with Gasteiger partial charge in [-0.25, -0.2) is 4.98 Å². The van der Waals surface area contributed by atoms with E-state index in [1.807, 2.05) is 18.3 Å². The summed E-state index contributed by atoms with van der Waals surface area (Å²) in [5, 5.41) is 13.1. The molecule has 3 aliphatic carbocycles. The van der Waals surface area contributed by atoms with E-state index in [0.29, 0.717) is 24.6 Å². The summed E-state index contributed by atoms with van der Waals surface area (Å²) >= 11 is 0. The Morgan fingerprint density at radius 1 is 1.21 bits per heavy atom. The van der Waals surface area contributed by atoms with Crippen molar-refractivity contribution < 1.29 is 4.79 Å². The van der Waals surface area contributed by atoms with Crippen molar-refractivity contribution in [2.24, 2.45) is 11.8 Å². The second kappa shape index (κ2) is 9.97. The number of aromatic nitrogens is 2. The van der Waals surface area contributed by atoms with Crippen LogP contribution in [0.15, 0.2) is 31.0 Å². The van der Waals surface area contributed by atoms with Crippen LogP contribution in [-0.2, 0) is 11.2 Å². The van der Waals surface area contributed by atoms with Gasteiger partial charge in [-0.1, -0.05) is 19.4 Å². The Balaban J connectivity index is 1.40. The van der Waals surface area contributed by atoms with E-state index in [1.165, 1.54) is 12.8 Å². The van der Waals surface area contributed by atoms with Gasteiger partial charge in [0, 0.05) is 43.4 Å². The molecule has 0 radical (unpaired) electrons. The zero-order valence-corrected chi connectivity index (χ0v) is 19.8. The number of nitriles is 1. The van der Waals surface area contributed by atoms with Gasteiger partial charge in [0.15, 0.2) is 0 Å². The maximum Gasteiger partial charge on any atom is 0.223 e. The average Bonchev–Trinajstić information content (AvgIpc) is 3.72. The van der Waals surface area contributed by atoms with E-state index in [9.17, 15) is 10.1 Å². The molecule has 0 aromatic carbocycles. The van der Waals surface area contributed by atoms with Crippen LogP contribution in [0.4, 0.5) is 5.82 Å². The molecule has 1 amide bonds. The first-order chi connectivity index (χ1) is 16.6. The fraction of sp³-hybridized carbons (Fsp3) is 0.500. The van der Waals surface area contributed by atoms with Crippen LogP contribution < -0.4 is 10.2 Å². The van der Waals surface area contributed by atoms with Crippen molar-refractivity contribution in [3.05, 3.63) is 59.1 Å². The molecule has 2 heterocycles. The van der Waals surface area contributed by atoms with E-state index in [-0.39, 0.29) is 11.8 Å². The maximum atomic E-state index is 12.1. The molecule has 2 aromatic rings. The molecule has 176 valence electrons. The van der Waals surface area contributed by atoms with Crippen molar-refractivity contribution in [2.75, 3.05) is 24.5 Å². The lowest BCUT2D eigenvalue weighted by molar-refractivity contribution is -0.122. The van der Waals surface area contributed by atoms with Crippen molar-refractivity contribution in [3.8, 4) is 6.07 Å². The molecule has 0 unspecified atom stereocenters. The van der Waals surface area contributed by atoms with E-state index < -0.39 is 0 Å². The topological polar surface area (TPSA) is 81.9 Å². The summed E-state index contributed by atoms with van der Waals surface area (Å²) in [5.74, 6) is 2.43. The number of amides is 1. The second-order valence-electron chi connectivity index (χ2n) is 10.0. The standard InChI is InChI=1S/C28H33N5O/c1-2-25-16-20(9-11-30-25)15-23-17-24(18-29)27(32-26(23)21-5-6-21)33(13-10-19-3-4-19)14-12-31-28(34)22-7-8-22/h2,9,11,16-17,19,21-22H,1,3-8,10,12-15H2,(H,31,34). The van der Waals surface area contributed by atoms with Crippen LogP contribution in [0.3, 0.4) is 0 Å².